The van der Waals surface area contributed by atoms with Crippen molar-refractivity contribution < 1.29 is 32.3 Å². The summed E-state index contributed by atoms with van der Waals surface area (Å²) in [4.78, 5) is 50.2. The van der Waals surface area contributed by atoms with E-state index in [9.17, 15) is 27.6 Å². The number of nitrogens with zero attached hydrogens (tertiary/aromatic N) is 3. The molecule has 4 aromatic rings. The average Bonchev–Trinajstić information content (AvgIpc) is 3.87. The lowest BCUT2D eigenvalue weighted by Crippen LogP contribution is -2.44. The molecule has 3 amide bonds. The number of ether oxygens (including phenoxy) is 1. The topological polar surface area (TPSA) is 159 Å². The first-order valence-electron chi connectivity index (χ1n) is 16.3. The van der Waals surface area contributed by atoms with E-state index in [4.69, 9.17) is 16.3 Å². The summed E-state index contributed by atoms with van der Waals surface area (Å²) in [5, 5.41) is 14.7. The number of benzene rings is 3. The highest BCUT2D eigenvalue weighted by Crippen LogP contribution is 2.48. The minimum absolute atomic E-state index is 0.0129. The van der Waals surface area contributed by atoms with Gasteiger partial charge in [-0.05, 0) is 97.3 Å². The van der Waals surface area contributed by atoms with Crippen LogP contribution in [0, 0.1) is 19.3 Å². The van der Waals surface area contributed by atoms with Crippen LogP contribution >= 0.6 is 11.6 Å². The molecule has 5 rings (SSSR count). The molecule has 0 radical (unpaired) electrons. The molecule has 16 heteroatoms. The first-order valence-corrected chi connectivity index (χ1v) is 16.7. The lowest BCUT2D eigenvalue weighted by molar-refractivity contribution is -0.154. The first kappa shape index (κ1) is 37.8. The number of amides is 3. The van der Waals surface area contributed by atoms with Crippen LogP contribution in [0.3, 0.4) is 0 Å². The third kappa shape index (κ3) is 10.5. The molecule has 1 fully saturated rings. The van der Waals surface area contributed by atoms with E-state index in [-0.39, 0.29) is 30.9 Å². The van der Waals surface area contributed by atoms with Crippen LogP contribution < -0.4 is 31.3 Å². The molecule has 52 heavy (non-hydrogen) atoms. The molecule has 1 saturated carbocycles. The number of aryl methyl sites for hydroxylation is 2. The van der Waals surface area contributed by atoms with E-state index in [1.54, 1.807) is 48.5 Å². The number of carbonyl (C=O) groups is 3. The summed E-state index contributed by atoms with van der Waals surface area (Å²) in [6.45, 7) is 6.22. The quantitative estimate of drug-likeness (QED) is 0.0974. The van der Waals surface area contributed by atoms with Crippen LogP contribution in [0.2, 0.25) is 5.02 Å². The van der Waals surface area contributed by atoms with Gasteiger partial charge in [0, 0.05) is 35.1 Å². The van der Waals surface area contributed by atoms with E-state index < -0.39 is 41.6 Å². The highest BCUT2D eigenvalue weighted by Gasteiger charge is 2.45. The SMILES string of the molecule is Cc1ccc(NC(=O)C(=O)NCC(C)(C)CNC(=O)c2ccc(Nc3nc(NC4(c5ccc(Cl)cc5)CC4)nc(OCC(F)(F)F)n3)cc2)cc1C. The smallest absolute Gasteiger partial charge is 0.422 e. The predicted molar refractivity (Wildman–Crippen MR) is 191 cm³/mol. The standard InChI is InChI=1S/C36H38ClF3N8O4/c1-21-5-12-27(17-22(21)2)43-30(51)29(50)42-19-34(3,4)18-41-28(49)23-6-13-26(14-7-23)44-31-45-32(47-33(46-31)52-20-36(38,39)40)48-35(15-16-35)24-8-10-25(37)11-9-24/h5-14,17H,15-16,18-20H2,1-4H3,(H,41,49)(H,42,50)(H,43,51)(H2,44,45,46,47,48). The molecular weight excluding hydrogens is 701 g/mol. The molecule has 0 atom stereocenters. The van der Waals surface area contributed by atoms with Crippen molar-refractivity contribution in [2.75, 3.05) is 35.6 Å². The zero-order chi connectivity index (χ0) is 37.7. The number of rotatable bonds is 13. The van der Waals surface area contributed by atoms with Gasteiger partial charge in [-0.15, -0.1) is 0 Å². The van der Waals surface area contributed by atoms with Gasteiger partial charge in [0.05, 0.1) is 5.54 Å². The molecular formula is C36H38ClF3N8O4. The van der Waals surface area contributed by atoms with Crippen LogP contribution in [0.15, 0.2) is 66.7 Å². The van der Waals surface area contributed by atoms with Gasteiger partial charge in [-0.2, -0.15) is 28.1 Å². The number of halogens is 4. The van der Waals surface area contributed by atoms with Crippen molar-refractivity contribution in [3.05, 3.63) is 94.0 Å². The monoisotopic (exact) mass is 738 g/mol. The third-order valence-electron chi connectivity index (χ3n) is 8.31. The molecule has 0 spiro atoms. The van der Waals surface area contributed by atoms with E-state index in [0.717, 1.165) is 29.5 Å². The van der Waals surface area contributed by atoms with Gasteiger partial charge in [0.25, 0.3) is 5.91 Å². The molecule has 12 nitrogen and oxygen atoms in total. The minimum Gasteiger partial charge on any atom is -0.454 e. The maximum absolute atomic E-state index is 12.9. The normalized spacial score (nSPS) is 13.5. The van der Waals surface area contributed by atoms with Gasteiger partial charge in [0.15, 0.2) is 6.61 Å². The van der Waals surface area contributed by atoms with E-state index in [2.05, 4.69) is 41.5 Å². The minimum atomic E-state index is -4.61. The number of nitrogens with one attached hydrogen (secondary N) is 5. The Balaban J connectivity index is 1.17. The Hall–Kier alpha value is -5.44. The Bertz CT molecular complexity index is 1940. The van der Waals surface area contributed by atoms with Crippen molar-refractivity contribution in [3.63, 3.8) is 0 Å². The lowest BCUT2D eigenvalue weighted by Gasteiger charge is -2.25. The fourth-order valence-electron chi connectivity index (χ4n) is 5.00. The fraction of sp³-hybridized carbons (Fsp3) is 0.333. The molecule has 5 N–H and O–H groups in total. The second-order valence-corrected chi connectivity index (χ2v) is 13.8. The molecule has 3 aromatic carbocycles. The van der Waals surface area contributed by atoms with Crippen LogP contribution in [0.4, 0.5) is 36.4 Å². The average molecular weight is 739 g/mol. The molecule has 1 aliphatic rings. The van der Waals surface area contributed by atoms with Crippen LogP contribution in [-0.2, 0) is 15.1 Å². The maximum atomic E-state index is 12.9. The van der Waals surface area contributed by atoms with Gasteiger partial charge >= 0.3 is 24.0 Å². The third-order valence-corrected chi connectivity index (χ3v) is 8.56. The number of hydrogen-bond donors (Lipinski definition) is 5. The van der Waals surface area contributed by atoms with E-state index in [1.807, 2.05) is 45.9 Å². The first-order chi connectivity index (χ1) is 24.5. The molecule has 0 aliphatic heterocycles. The Labute approximate surface area is 303 Å². The van der Waals surface area contributed by atoms with Crippen molar-refractivity contribution in [3.8, 4) is 6.01 Å². The van der Waals surface area contributed by atoms with Crippen LogP contribution in [-0.4, -0.2) is 58.5 Å². The summed E-state index contributed by atoms with van der Waals surface area (Å²) in [5.74, 6) is -2.04. The molecule has 0 unspecified atom stereocenters. The van der Waals surface area contributed by atoms with Crippen LogP contribution in [0.5, 0.6) is 6.01 Å². The van der Waals surface area contributed by atoms with Crippen LogP contribution in [0.1, 0.15) is 53.7 Å². The summed E-state index contributed by atoms with van der Waals surface area (Å²) in [6.07, 6.45) is -3.13. The maximum Gasteiger partial charge on any atom is 0.422 e. The lowest BCUT2D eigenvalue weighted by atomic mass is 9.93. The summed E-state index contributed by atoms with van der Waals surface area (Å²) in [7, 11) is 0. The summed E-state index contributed by atoms with van der Waals surface area (Å²) in [5.41, 5.74) is 3.13. The largest absolute Gasteiger partial charge is 0.454 e. The summed E-state index contributed by atoms with van der Waals surface area (Å²) >= 11 is 6.03. The van der Waals surface area contributed by atoms with Crippen molar-refractivity contribution in [2.24, 2.45) is 5.41 Å². The van der Waals surface area contributed by atoms with Crippen molar-refractivity contribution in [2.45, 2.75) is 52.3 Å². The van der Waals surface area contributed by atoms with Gasteiger partial charge in [-0.25, -0.2) is 0 Å². The Kier molecular flexibility index (Phi) is 11.2. The Morgan fingerprint density at radius 2 is 1.44 bits per heavy atom. The van der Waals surface area contributed by atoms with Crippen molar-refractivity contribution in [1.82, 2.24) is 25.6 Å². The highest BCUT2D eigenvalue weighted by atomic mass is 35.5. The van der Waals surface area contributed by atoms with E-state index in [0.29, 0.717) is 22.0 Å². The number of aromatic nitrogens is 3. The van der Waals surface area contributed by atoms with Crippen LogP contribution in [0.25, 0.3) is 0 Å². The van der Waals surface area contributed by atoms with Gasteiger partial charge in [0.1, 0.15) is 0 Å². The second-order valence-electron chi connectivity index (χ2n) is 13.4. The number of anilines is 4. The van der Waals surface area contributed by atoms with Gasteiger partial charge in [0.2, 0.25) is 11.9 Å². The number of hydrogen-bond acceptors (Lipinski definition) is 9. The van der Waals surface area contributed by atoms with E-state index >= 15 is 0 Å². The van der Waals surface area contributed by atoms with Gasteiger partial charge < -0.3 is 31.3 Å². The number of carbonyl (C=O) groups excluding carboxylic acids is 3. The van der Waals surface area contributed by atoms with Gasteiger partial charge in [-0.3, -0.25) is 14.4 Å². The van der Waals surface area contributed by atoms with Crippen molar-refractivity contribution in [1.29, 1.82) is 0 Å². The molecule has 274 valence electrons. The highest BCUT2D eigenvalue weighted by molar-refractivity contribution is 6.39. The molecule has 0 saturated heterocycles. The predicted octanol–water partition coefficient (Wildman–Crippen LogP) is 6.44. The molecule has 1 aliphatic carbocycles. The summed E-state index contributed by atoms with van der Waals surface area (Å²) < 4.78 is 43.6. The molecule has 1 heterocycles. The van der Waals surface area contributed by atoms with E-state index in [1.165, 1.54) is 0 Å². The zero-order valence-corrected chi connectivity index (χ0v) is 29.6. The molecule has 1 aromatic heterocycles. The van der Waals surface area contributed by atoms with Gasteiger partial charge in [-0.1, -0.05) is 43.6 Å². The zero-order valence-electron chi connectivity index (χ0n) is 28.9. The fourth-order valence-corrected chi connectivity index (χ4v) is 5.12. The second kappa shape index (κ2) is 15.4. The van der Waals surface area contributed by atoms with Crippen molar-refractivity contribution >= 4 is 52.6 Å². The Morgan fingerprint density at radius 3 is 2.08 bits per heavy atom. The number of alkyl halides is 3. The molecule has 0 bridgehead atoms. The summed E-state index contributed by atoms with van der Waals surface area (Å²) in [6, 6.07) is 18.3. The Morgan fingerprint density at radius 1 is 0.808 bits per heavy atom.